The molecule has 0 aromatic heterocycles. The van der Waals surface area contributed by atoms with Crippen molar-refractivity contribution in [3.8, 4) is 0 Å². The molecule has 0 spiro atoms. The molecule has 0 aromatic rings. The molecule has 0 bridgehead atoms. The molecule has 0 aliphatic heterocycles. The first-order valence-corrected chi connectivity index (χ1v) is 5.09. The maximum Gasteiger partial charge on any atom is 0.222 e. The van der Waals surface area contributed by atoms with Gasteiger partial charge >= 0.3 is 0 Å². The van der Waals surface area contributed by atoms with Crippen LogP contribution in [-0.2, 0) is 4.79 Å². The van der Waals surface area contributed by atoms with Gasteiger partial charge in [0, 0.05) is 5.92 Å². The van der Waals surface area contributed by atoms with Crippen molar-refractivity contribution < 1.29 is 9.90 Å². The molecular formula is C10H19NO2. The van der Waals surface area contributed by atoms with Gasteiger partial charge in [0.15, 0.2) is 0 Å². The van der Waals surface area contributed by atoms with E-state index in [1.807, 2.05) is 13.8 Å². The highest BCUT2D eigenvalue weighted by Gasteiger charge is 2.24. The molecular weight excluding hydrogens is 166 g/mol. The minimum absolute atomic E-state index is 0.00845. The van der Waals surface area contributed by atoms with Crippen molar-refractivity contribution in [3.05, 3.63) is 0 Å². The second-order valence-electron chi connectivity index (χ2n) is 4.12. The molecule has 1 amide bonds. The summed E-state index contributed by atoms with van der Waals surface area (Å²) in [6.45, 7) is 3.73. The van der Waals surface area contributed by atoms with Gasteiger partial charge in [0.25, 0.3) is 0 Å². The molecule has 1 fully saturated rings. The van der Waals surface area contributed by atoms with Crippen LogP contribution in [0.4, 0.5) is 0 Å². The maximum atomic E-state index is 11.3. The van der Waals surface area contributed by atoms with Crippen LogP contribution in [0.2, 0.25) is 0 Å². The molecule has 76 valence electrons. The molecule has 1 aliphatic carbocycles. The number of carbonyl (C=O) groups excluding carboxylic acids is 1. The largest absolute Gasteiger partial charge is 0.391 e. The molecule has 3 heteroatoms. The van der Waals surface area contributed by atoms with Crippen LogP contribution in [0.5, 0.6) is 0 Å². The fourth-order valence-corrected chi connectivity index (χ4v) is 1.63. The Hall–Kier alpha value is -0.570. The Morgan fingerprint density at radius 1 is 1.38 bits per heavy atom. The molecule has 1 saturated carbocycles. The Morgan fingerprint density at radius 2 is 2.00 bits per heavy atom. The maximum absolute atomic E-state index is 11.3. The van der Waals surface area contributed by atoms with E-state index in [9.17, 15) is 9.90 Å². The predicted molar refractivity (Wildman–Crippen MR) is 51.2 cm³/mol. The Bertz CT molecular complexity index is 180. The zero-order valence-electron chi connectivity index (χ0n) is 8.42. The van der Waals surface area contributed by atoms with Crippen LogP contribution in [0.15, 0.2) is 0 Å². The quantitative estimate of drug-likeness (QED) is 0.676. The number of hydrogen-bond acceptors (Lipinski definition) is 2. The minimum atomic E-state index is -0.337. The summed E-state index contributed by atoms with van der Waals surface area (Å²) >= 11 is 0. The molecule has 2 atom stereocenters. The van der Waals surface area contributed by atoms with Crippen LogP contribution in [0.25, 0.3) is 0 Å². The van der Waals surface area contributed by atoms with Crippen molar-refractivity contribution in [2.24, 2.45) is 5.92 Å². The van der Waals surface area contributed by atoms with E-state index in [1.54, 1.807) is 0 Å². The van der Waals surface area contributed by atoms with Crippen molar-refractivity contribution in [1.29, 1.82) is 0 Å². The highest BCUT2D eigenvalue weighted by atomic mass is 16.3. The molecule has 1 aliphatic rings. The second kappa shape index (κ2) is 4.61. The standard InChI is InChI=1S/C10H19NO2/c1-7(2)10(13)11-8-5-3-4-6-9(8)12/h7-9,12H,3-6H2,1-2H3,(H,11,13)/t8-,9+/m1/s1. The molecule has 0 radical (unpaired) electrons. The third-order valence-corrected chi connectivity index (χ3v) is 2.58. The van der Waals surface area contributed by atoms with Crippen LogP contribution in [0, 0.1) is 5.92 Å². The molecule has 13 heavy (non-hydrogen) atoms. The Balaban J connectivity index is 2.38. The van der Waals surface area contributed by atoms with Crippen molar-refractivity contribution in [2.75, 3.05) is 0 Å². The summed E-state index contributed by atoms with van der Waals surface area (Å²) < 4.78 is 0. The van der Waals surface area contributed by atoms with E-state index in [4.69, 9.17) is 0 Å². The van der Waals surface area contributed by atoms with Gasteiger partial charge in [0.05, 0.1) is 12.1 Å². The molecule has 0 unspecified atom stereocenters. The van der Waals surface area contributed by atoms with Gasteiger partial charge in [-0.25, -0.2) is 0 Å². The fraction of sp³-hybridized carbons (Fsp3) is 0.900. The number of aliphatic hydroxyl groups excluding tert-OH is 1. The predicted octanol–water partition coefficient (Wildman–Crippen LogP) is 1.06. The lowest BCUT2D eigenvalue weighted by atomic mass is 9.92. The third-order valence-electron chi connectivity index (χ3n) is 2.58. The fourth-order valence-electron chi connectivity index (χ4n) is 1.63. The number of carbonyl (C=O) groups is 1. The molecule has 0 heterocycles. The highest BCUT2D eigenvalue weighted by Crippen LogP contribution is 2.18. The number of nitrogens with one attached hydrogen (secondary N) is 1. The van der Waals surface area contributed by atoms with Gasteiger partial charge in [-0.1, -0.05) is 26.7 Å². The van der Waals surface area contributed by atoms with Gasteiger partial charge in [0.2, 0.25) is 5.91 Å². The van der Waals surface area contributed by atoms with Gasteiger partial charge in [-0.3, -0.25) is 4.79 Å². The summed E-state index contributed by atoms with van der Waals surface area (Å²) in [6, 6.07) is -0.0105. The van der Waals surface area contributed by atoms with Crippen molar-refractivity contribution >= 4 is 5.91 Å². The van der Waals surface area contributed by atoms with Gasteiger partial charge in [-0.05, 0) is 12.8 Å². The van der Waals surface area contributed by atoms with Gasteiger partial charge in [-0.2, -0.15) is 0 Å². The Kier molecular flexibility index (Phi) is 3.72. The molecule has 3 nitrogen and oxygen atoms in total. The second-order valence-corrected chi connectivity index (χ2v) is 4.12. The summed E-state index contributed by atoms with van der Waals surface area (Å²) in [4.78, 5) is 11.3. The van der Waals surface area contributed by atoms with E-state index in [1.165, 1.54) is 0 Å². The third kappa shape index (κ3) is 2.99. The van der Waals surface area contributed by atoms with Crippen LogP contribution >= 0.6 is 0 Å². The first-order chi connectivity index (χ1) is 6.11. The first-order valence-electron chi connectivity index (χ1n) is 5.09. The highest BCUT2D eigenvalue weighted by molar-refractivity contribution is 5.78. The number of aliphatic hydroxyl groups is 1. The summed E-state index contributed by atoms with van der Waals surface area (Å²) in [7, 11) is 0. The topological polar surface area (TPSA) is 49.3 Å². The van der Waals surface area contributed by atoms with Gasteiger partial charge in [0.1, 0.15) is 0 Å². The summed E-state index contributed by atoms with van der Waals surface area (Å²) in [5.41, 5.74) is 0. The lowest BCUT2D eigenvalue weighted by Gasteiger charge is -2.28. The monoisotopic (exact) mass is 185 g/mol. The van der Waals surface area contributed by atoms with Crippen molar-refractivity contribution in [3.63, 3.8) is 0 Å². The summed E-state index contributed by atoms with van der Waals surface area (Å²) in [5.74, 6) is 0.0556. The van der Waals surface area contributed by atoms with E-state index in [-0.39, 0.29) is 24.0 Å². The SMILES string of the molecule is CC(C)C(=O)N[C@@H]1CCCC[C@@H]1O. The molecule has 0 saturated heterocycles. The number of hydrogen-bond donors (Lipinski definition) is 2. The van der Waals surface area contributed by atoms with E-state index >= 15 is 0 Å². The molecule has 2 N–H and O–H groups in total. The lowest BCUT2D eigenvalue weighted by molar-refractivity contribution is -0.125. The molecule has 0 aromatic carbocycles. The first kappa shape index (κ1) is 10.5. The van der Waals surface area contributed by atoms with Gasteiger partial charge in [-0.15, -0.1) is 0 Å². The van der Waals surface area contributed by atoms with Crippen LogP contribution in [-0.4, -0.2) is 23.2 Å². The van der Waals surface area contributed by atoms with Crippen LogP contribution < -0.4 is 5.32 Å². The summed E-state index contributed by atoms with van der Waals surface area (Å²) in [5, 5.41) is 12.5. The molecule has 1 rings (SSSR count). The van der Waals surface area contributed by atoms with Crippen molar-refractivity contribution in [2.45, 2.75) is 51.7 Å². The smallest absolute Gasteiger partial charge is 0.222 e. The Labute approximate surface area is 79.5 Å². The van der Waals surface area contributed by atoms with Crippen LogP contribution in [0.3, 0.4) is 0 Å². The van der Waals surface area contributed by atoms with Crippen LogP contribution in [0.1, 0.15) is 39.5 Å². The number of amides is 1. The zero-order valence-corrected chi connectivity index (χ0v) is 8.42. The van der Waals surface area contributed by atoms with E-state index < -0.39 is 0 Å². The normalized spacial score (nSPS) is 28.9. The summed E-state index contributed by atoms with van der Waals surface area (Å²) in [6.07, 6.45) is 3.59. The number of rotatable bonds is 2. The average molecular weight is 185 g/mol. The average Bonchev–Trinajstić information content (AvgIpc) is 2.08. The minimum Gasteiger partial charge on any atom is -0.391 e. The van der Waals surface area contributed by atoms with E-state index in [0.717, 1.165) is 25.7 Å². The van der Waals surface area contributed by atoms with Crippen molar-refractivity contribution in [1.82, 2.24) is 5.32 Å². The zero-order chi connectivity index (χ0) is 9.84. The van der Waals surface area contributed by atoms with E-state index in [0.29, 0.717) is 0 Å². The lowest BCUT2D eigenvalue weighted by Crippen LogP contribution is -2.46. The Morgan fingerprint density at radius 3 is 2.54 bits per heavy atom. The van der Waals surface area contributed by atoms with Gasteiger partial charge < -0.3 is 10.4 Å². The van der Waals surface area contributed by atoms with E-state index in [2.05, 4.69) is 5.32 Å².